The number of ether oxygens (including phenoxy) is 2. The summed E-state index contributed by atoms with van der Waals surface area (Å²) in [6.45, 7) is 6.80. The highest BCUT2D eigenvalue weighted by atomic mass is 19.1. The van der Waals surface area contributed by atoms with Crippen molar-refractivity contribution in [3.63, 3.8) is 0 Å². The molecule has 3 rings (SSSR count). The van der Waals surface area contributed by atoms with Crippen molar-refractivity contribution < 1.29 is 33.0 Å². The molecule has 0 radical (unpaired) electrons. The van der Waals surface area contributed by atoms with Crippen LogP contribution in [0.4, 0.5) is 8.78 Å². The van der Waals surface area contributed by atoms with Gasteiger partial charge in [-0.1, -0.05) is 13.3 Å². The summed E-state index contributed by atoms with van der Waals surface area (Å²) in [5.41, 5.74) is 0.325. The summed E-state index contributed by atoms with van der Waals surface area (Å²) in [5, 5.41) is 17.4. The number of likely N-dealkylation sites (tertiary alicyclic amines) is 1. The van der Waals surface area contributed by atoms with Crippen LogP contribution in [0.25, 0.3) is 0 Å². The molecular weight excluding hydrogens is 472 g/mol. The summed E-state index contributed by atoms with van der Waals surface area (Å²) in [7, 11) is 0. The van der Waals surface area contributed by atoms with Crippen LogP contribution in [0.2, 0.25) is 0 Å². The monoisotopic (exact) mass is 511 g/mol. The highest BCUT2D eigenvalue weighted by molar-refractivity contribution is 5.89. The van der Waals surface area contributed by atoms with Crippen molar-refractivity contribution >= 4 is 11.8 Å². The third-order valence-electron chi connectivity index (χ3n) is 6.80. The molecule has 36 heavy (non-hydrogen) atoms. The van der Waals surface area contributed by atoms with E-state index in [2.05, 4.69) is 17.6 Å². The molecule has 5 atom stereocenters. The molecule has 0 bridgehead atoms. The van der Waals surface area contributed by atoms with Gasteiger partial charge in [0.05, 0.1) is 30.8 Å². The Labute approximate surface area is 211 Å². The number of aliphatic hydroxyl groups excluding tert-OH is 1. The molecule has 0 aliphatic carbocycles. The Morgan fingerprint density at radius 3 is 2.69 bits per heavy atom. The lowest BCUT2D eigenvalue weighted by molar-refractivity contribution is -0.129. The zero-order chi connectivity index (χ0) is 26.1. The summed E-state index contributed by atoms with van der Waals surface area (Å²) in [6.07, 6.45) is 1.57. The van der Waals surface area contributed by atoms with E-state index in [1.54, 1.807) is 4.90 Å². The van der Waals surface area contributed by atoms with E-state index in [4.69, 9.17) is 9.47 Å². The van der Waals surface area contributed by atoms with Gasteiger partial charge in [-0.05, 0) is 43.9 Å². The number of nitrogens with zero attached hydrogens (tertiary/aromatic N) is 1. The van der Waals surface area contributed by atoms with E-state index in [1.165, 1.54) is 12.1 Å². The Bertz CT molecular complexity index is 854. The number of carbonyl (C=O) groups is 2. The summed E-state index contributed by atoms with van der Waals surface area (Å²) < 4.78 is 38.8. The number of hydrogen-bond donors (Lipinski definition) is 3. The second kappa shape index (κ2) is 14.0. The van der Waals surface area contributed by atoms with E-state index in [9.17, 15) is 23.5 Å². The van der Waals surface area contributed by atoms with Crippen LogP contribution in [0.3, 0.4) is 0 Å². The molecule has 2 fully saturated rings. The molecule has 2 saturated heterocycles. The largest absolute Gasteiger partial charge is 0.389 e. The first-order chi connectivity index (χ1) is 17.3. The van der Waals surface area contributed by atoms with Crippen molar-refractivity contribution in [2.24, 2.45) is 5.92 Å². The lowest BCUT2D eigenvalue weighted by Gasteiger charge is -2.29. The van der Waals surface area contributed by atoms with Gasteiger partial charge >= 0.3 is 0 Å². The van der Waals surface area contributed by atoms with Gasteiger partial charge in [-0.25, -0.2) is 8.78 Å². The second-order valence-corrected chi connectivity index (χ2v) is 9.62. The van der Waals surface area contributed by atoms with Crippen LogP contribution in [0.15, 0.2) is 18.2 Å². The number of aliphatic hydroxyl groups is 1. The summed E-state index contributed by atoms with van der Waals surface area (Å²) in [4.78, 5) is 27.1. The first kappa shape index (κ1) is 28.4. The molecule has 0 spiro atoms. The highest BCUT2D eigenvalue weighted by Gasteiger charge is 2.38. The molecular formula is C26H39F2N3O5. The molecule has 2 aliphatic heterocycles. The maximum atomic E-state index is 13.8. The Kier molecular flexibility index (Phi) is 11.0. The van der Waals surface area contributed by atoms with Gasteiger partial charge in [0.25, 0.3) is 0 Å². The van der Waals surface area contributed by atoms with E-state index in [0.717, 1.165) is 18.9 Å². The van der Waals surface area contributed by atoms with Crippen LogP contribution in [-0.4, -0.2) is 85.6 Å². The average molecular weight is 512 g/mol. The number of benzene rings is 1. The Morgan fingerprint density at radius 1 is 1.25 bits per heavy atom. The highest BCUT2D eigenvalue weighted by Crippen LogP contribution is 2.22. The van der Waals surface area contributed by atoms with Gasteiger partial charge in [0, 0.05) is 51.4 Å². The van der Waals surface area contributed by atoms with E-state index < -0.39 is 29.7 Å². The first-order valence-electron chi connectivity index (χ1n) is 12.9. The summed E-state index contributed by atoms with van der Waals surface area (Å²) >= 11 is 0. The minimum atomic E-state index is -1.02. The van der Waals surface area contributed by atoms with E-state index >= 15 is 0 Å². The fourth-order valence-corrected chi connectivity index (χ4v) is 4.82. The van der Waals surface area contributed by atoms with E-state index in [1.807, 2.05) is 6.92 Å². The van der Waals surface area contributed by atoms with Gasteiger partial charge in [0.15, 0.2) is 0 Å². The molecule has 202 valence electrons. The number of nitrogens with one attached hydrogen (secondary N) is 2. The average Bonchev–Trinajstić information content (AvgIpc) is 3.45. The van der Waals surface area contributed by atoms with Crippen molar-refractivity contribution in [2.45, 2.75) is 70.2 Å². The smallest absolute Gasteiger partial charge is 0.225 e. The topological polar surface area (TPSA) is 100 Å². The fraction of sp³-hybridized carbons (Fsp3) is 0.692. The van der Waals surface area contributed by atoms with Gasteiger partial charge in [0.1, 0.15) is 11.6 Å². The number of carbonyl (C=O) groups excluding carboxylic acids is 2. The number of rotatable bonds is 14. The Hall–Kier alpha value is -2.14. The number of halogens is 2. The fourth-order valence-electron chi connectivity index (χ4n) is 4.82. The molecule has 1 aromatic rings. The lowest BCUT2D eigenvalue weighted by atomic mass is 9.94. The number of unbranched alkanes of at least 4 members (excludes halogenated alkanes) is 1. The van der Waals surface area contributed by atoms with Gasteiger partial charge in [-0.3, -0.25) is 9.59 Å². The zero-order valence-electron chi connectivity index (χ0n) is 21.2. The van der Waals surface area contributed by atoms with Gasteiger partial charge in [0.2, 0.25) is 11.8 Å². The van der Waals surface area contributed by atoms with Crippen LogP contribution in [0.5, 0.6) is 0 Å². The summed E-state index contributed by atoms with van der Waals surface area (Å²) in [5.74, 6) is -2.50. The SMILES string of the molecule is CCCCO[C@H]1CN[C@@H]([C@@H](O)[C@H](Cc2cc(F)cc(F)c2)NC(=O)C2CC(=O)N(CCOCC)C2)C1. The normalized spacial score (nSPS) is 23.8. The molecule has 2 aliphatic rings. The molecule has 2 heterocycles. The van der Waals surface area contributed by atoms with Gasteiger partial charge in [-0.2, -0.15) is 0 Å². The molecule has 3 N–H and O–H groups in total. The Balaban J connectivity index is 1.66. The maximum absolute atomic E-state index is 13.8. The van der Waals surface area contributed by atoms with Crippen molar-refractivity contribution in [3.8, 4) is 0 Å². The van der Waals surface area contributed by atoms with Crippen LogP contribution in [0, 0.1) is 17.6 Å². The minimum Gasteiger partial charge on any atom is -0.389 e. The van der Waals surface area contributed by atoms with Crippen molar-refractivity contribution in [1.29, 1.82) is 0 Å². The molecule has 1 aromatic carbocycles. The summed E-state index contributed by atoms with van der Waals surface area (Å²) in [6, 6.07) is 2.02. The predicted octanol–water partition coefficient (Wildman–Crippen LogP) is 1.79. The van der Waals surface area contributed by atoms with Gasteiger partial charge < -0.3 is 30.1 Å². The van der Waals surface area contributed by atoms with Crippen LogP contribution in [-0.2, 0) is 25.5 Å². The minimum absolute atomic E-state index is 0.0375. The van der Waals surface area contributed by atoms with Crippen molar-refractivity contribution in [3.05, 3.63) is 35.4 Å². The third kappa shape index (κ3) is 8.19. The van der Waals surface area contributed by atoms with Crippen LogP contribution >= 0.6 is 0 Å². The molecule has 0 aromatic heterocycles. The lowest BCUT2D eigenvalue weighted by Crippen LogP contribution is -2.53. The number of hydrogen-bond acceptors (Lipinski definition) is 6. The second-order valence-electron chi connectivity index (χ2n) is 9.62. The van der Waals surface area contributed by atoms with Crippen molar-refractivity contribution in [2.75, 3.05) is 39.5 Å². The van der Waals surface area contributed by atoms with Crippen LogP contribution < -0.4 is 10.6 Å². The molecule has 1 unspecified atom stereocenters. The van der Waals surface area contributed by atoms with E-state index in [-0.39, 0.29) is 43.3 Å². The third-order valence-corrected chi connectivity index (χ3v) is 6.80. The maximum Gasteiger partial charge on any atom is 0.225 e. The molecule has 10 heteroatoms. The molecule has 0 saturated carbocycles. The molecule has 2 amide bonds. The van der Waals surface area contributed by atoms with Gasteiger partial charge in [-0.15, -0.1) is 0 Å². The first-order valence-corrected chi connectivity index (χ1v) is 12.9. The van der Waals surface area contributed by atoms with E-state index in [0.29, 0.717) is 44.9 Å². The Morgan fingerprint density at radius 2 is 2.00 bits per heavy atom. The zero-order valence-corrected chi connectivity index (χ0v) is 21.2. The van der Waals surface area contributed by atoms with Crippen molar-refractivity contribution in [1.82, 2.24) is 15.5 Å². The molecule has 8 nitrogen and oxygen atoms in total. The predicted molar refractivity (Wildman–Crippen MR) is 130 cm³/mol. The van der Waals surface area contributed by atoms with Crippen LogP contribution in [0.1, 0.15) is 45.1 Å². The number of amides is 2. The standard InChI is InChI=1S/C26H39F2N3O5/c1-3-5-7-36-21-14-22(29-15-21)25(33)23(11-17-9-19(27)13-20(28)10-17)30-26(34)18-12-24(32)31(16-18)6-8-35-4-2/h9-10,13,18,21-23,25,29,33H,3-8,11-12,14-16H2,1-2H3,(H,30,34)/t18?,21-,22-,23+,25-/m1/s1. The quantitative estimate of drug-likeness (QED) is 0.330.